The molecule has 3 rings (SSSR count). The van der Waals surface area contributed by atoms with Gasteiger partial charge in [0.25, 0.3) is 0 Å². The standard InChI is InChI=1S/C18H22FN3O/c1-13-15(12-21(2)20-13)5-10-18(23)22(17-8-9-17)11-14-3-6-16(19)7-4-14/h3-4,6-7,12,17H,5,8-11H2,1-2H3. The van der Waals surface area contributed by atoms with E-state index in [1.54, 1.807) is 16.8 Å². The molecule has 1 aromatic heterocycles. The third-order valence-electron chi connectivity index (χ3n) is 4.30. The molecule has 0 atom stereocenters. The van der Waals surface area contributed by atoms with E-state index in [9.17, 15) is 9.18 Å². The lowest BCUT2D eigenvalue weighted by Crippen LogP contribution is -2.32. The van der Waals surface area contributed by atoms with Crippen molar-refractivity contribution >= 4 is 5.91 Å². The van der Waals surface area contributed by atoms with E-state index in [1.165, 1.54) is 12.1 Å². The number of amides is 1. The van der Waals surface area contributed by atoms with Crippen LogP contribution in [0.1, 0.15) is 36.1 Å². The molecule has 1 fully saturated rings. The molecule has 0 aliphatic heterocycles. The Morgan fingerprint density at radius 2 is 2.04 bits per heavy atom. The quantitative estimate of drug-likeness (QED) is 0.822. The first-order valence-electron chi connectivity index (χ1n) is 8.06. The monoisotopic (exact) mass is 315 g/mol. The van der Waals surface area contributed by atoms with Crippen LogP contribution in [0.4, 0.5) is 4.39 Å². The number of aryl methyl sites for hydroxylation is 3. The summed E-state index contributed by atoms with van der Waals surface area (Å²) < 4.78 is 14.8. The Labute approximate surface area is 135 Å². The molecule has 4 nitrogen and oxygen atoms in total. The van der Waals surface area contributed by atoms with Gasteiger partial charge in [0.1, 0.15) is 5.82 Å². The largest absolute Gasteiger partial charge is 0.335 e. The Hall–Kier alpha value is -2.17. The van der Waals surface area contributed by atoms with Gasteiger partial charge in [-0.2, -0.15) is 5.10 Å². The maximum atomic E-state index is 13.0. The smallest absolute Gasteiger partial charge is 0.223 e. The summed E-state index contributed by atoms with van der Waals surface area (Å²) in [5.74, 6) is -0.0785. The van der Waals surface area contributed by atoms with E-state index >= 15 is 0 Å². The fourth-order valence-corrected chi connectivity index (χ4v) is 2.87. The summed E-state index contributed by atoms with van der Waals surface area (Å²) in [6.45, 7) is 2.53. The molecule has 1 saturated carbocycles. The lowest BCUT2D eigenvalue weighted by atomic mass is 10.1. The van der Waals surface area contributed by atoms with Crippen molar-refractivity contribution in [3.63, 3.8) is 0 Å². The van der Waals surface area contributed by atoms with Crippen molar-refractivity contribution in [3.8, 4) is 0 Å². The maximum Gasteiger partial charge on any atom is 0.223 e. The number of rotatable bonds is 6. The highest BCUT2D eigenvalue weighted by molar-refractivity contribution is 5.77. The third-order valence-corrected chi connectivity index (χ3v) is 4.30. The second kappa shape index (κ2) is 6.52. The van der Waals surface area contributed by atoms with Crippen molar-refractivity contribution in [1.82, 2.24) is 14.7 Å². The zero-order valence-corrected chi connectivity index (χ0v) is 13.6. The molecule has 2 aromatic rings. The van der Waals surface area contributed by atoms with Gasteiger partial charge in [-0.1, -0.05) is 12.1 Å². The van der Waals surface area contributed by atoms with Crippen molar-refractivity contribution in [2.24, 2.45) is 7.05 Å². The average molecular weight is 315 g/mol. The molecule has 122 valence electrons. The highest BCUT2D eigenvalue weighted by Crippen LogP contribution is 2.29. The minimum Gasteiger partial charge on any atom is -0.335 e. The summed E-state index contributed by atoms with van der Waals surface area (Å²) in [6.07, 6.45) is 5.32. The Morgan fingerprint density at radius 1 is 1.35 bits per heavy atom. The summed E-state index contributed by atoms with van der Waals surface area (Å²) in [5.41, 5.74) is 3.08. The average Bonchev–Trinajstić information content (AvgIpc) is 3.30. The lowest BCUT2D eigenvalue weighted by molar-refractivity contribution is -0.132. The van der Waals surface area contributed by atoms with Crippen molar-refractivity contribution in [3.05, 3.63) is 53.1 Å². The molecular weight excluding hydrogens is 293 g/mol. The van der Waals surface area contributed by atoms with Gasteiger partial charge in [-0.15, -0.1) is 0 Å². The first-order chi connectivity index (χ1) is 11.0. The molecule has 23 heavy (non-hydrogen) atoms. The number of hydrogen-bond donors (Lipinski definition) is 0. The zero-order valence-electron chi connectivity index (χ0n) is 13.6. The summed E-state index contributed by atoms with van der Waals surface area (Å²) in [5, 5.41) is 4.31. The van der Waals surface area contributed by atoms with Gasteiger partial charge in [0.05, 0.1) is 5.69 Å². The first kappa shape index (κ1) is 15.7. The van der Waals surface area contributed by atoms with Gasteiger partial charge in [-0.05, 0) is 49.4 Å². The van der Waals surface area contributed by atoms with Crippen LogP contribution in [0.5, 0.6) is 0 Å². The Bertz CT molecular complexity index is 689. The van der Waals surface area contributed by atoms with E-state index in [1.807, 2.05) is 25.1 Å². The predicted molar refractivity (Wildman–Crippen MR) is 86.2 cm³/mol. The van der Waals surface area contributed by atoms with Crippen LogP contribution < -0.4 is 0 Å². The van der Waals surface area contributed by atoms with E-state index in [0.717, 1.165) is 29.7 Å². The number of halogens is 1. The molecular formula is C18H22FN3O. The molecule has 0 saturated heterocycles. The Kier molecular flexibility index (Phi) is 4.46. The molecule has 1 heterocycles. The molecule has 1 aliphatic rings. The van der Waals surface area contributed by atoms with Crippen LogP contribution in [-0.2, 0) is 24.8 Å². The van der Waals surface area contributed by atoms with Gasteiger partial charge in [0.15, 0.2) is 0 Å². The third kappa shape index (κ3) is 3.97. The van der Waals surface area contributed by atoms with E-state index < -0.39 is 0 Å². The second-order valence-electron chi connectivity index (χ2n) is 6.29. The summed E-state index contributed by atoms with van der Waals surface area (Å²) in [6, 6.07) is 6.75. The predicted octanol–water partition coefficient (Wildman–Crippen LogP) is 2.99. The number of carbonyl (C=O) groups excluding carboxylic acids is 1. The van der Waals surface area contributed by atoms with E-state index in [-0.39, 0.29) is 11.7 Å². The minimum absolute atomic E-state index is 0.167. The maximum absolute atomic E-state index is 13.0. The lowest BCUT2D eigenvalue weighted by Gasteiger charge is -2.22. The van der Waals surface area contributed by atoms with Crippen molar-refractivity contribution in [2.75, 3.05) is 0 Å². The van der Waals surface area contributed by atoms with Crippen LogP contribution in [0.25, 0.3) is 0 Å². The van der Waals surface area contributed by atoms with Crippen molar-refractivity contribution in [2.45, 2.75) is 45.2 Å². The van der Waals surface area contributed by atoms with Crippen LogP contribution >= 0.6 is 0 Å². The van der Waals surface area contributed by atoms with Crippen molar-refractivity contribution < 1.29 is 9.18 Å². The van der Waals surface area contributed by atoms with Crippen LogP contribution in [0.15, 0.2) is 30.5 Å². The highest BCUT2D eigenvalue weighted by atomic mass is 19.1. The van der Waals surface area contributed by atoms with Crippen LogP contribution in [0.3, 0.4) is 0 Å². The van der Waals surface area contributed by atoms with Crippen molar-refractivity contribution in [1.29, 1.82) is 0 Å². The Balaban J connectivity index is 1.62. The number of carbonyl (C=O) groups is 1. The van der Waals surface area contributed by atoms with Gasteiger partial charge < -0.3 is 4.90 Å². The van der Waals surface area contributed by atoms with Crippen LogP contribution in [0, 0.1) is 12.7 Å². The van der Waals surface area contributed by atoms with Crippen LogP contribution in [-0.4, -0.2) is 26.6 Å². The number of hydrogen-bond acceptors (Lipinski definition) is 2. The van der Waals surface area contributed by atoms with Gasteiger partial charge in [-0.3, -0.25) is 9.48 Å². The van der Waals surface area contributed by atoms with Gasteiger partial charge in [-0.25, -0.2) is 4.39 Å². The van der Waals surface area contributed by atoms with Gasteiger partial charge in [0.2, 0.25) is 5.91 Å². The normalized spacial score (nSPS) is 14.0. The number of nitrogens with zero attached hydrogens (tertiary/aromatic N) is 3. The molecule has 0 spiro atoms. The molecule has 1 amide bonds. The summed E-state index contributed by atoms with van der Waals surface area (Å²) in [4.78, 5) is 14.6. The fraction of sp³-hybridized carbons (Fsp3) is 0.444. The SMILES string of the molecule is Cc1nn(C)cc1CCC(=O)N(Cc1ccc(F)cc1)C1CC1. The topological polar surface area (TPSA) is 38.1 Å². The van der Waals surface area contributed by atoms with Crippen LogP contribution in [0.2, 0.25) is 0 Å². The van der Waals surface area contributed by atoms with Gasteiger partial charge in [0, 0.05) is 32.3 Å². The number of aromatic nitrogens is 2. The van der Waals surface area contributed by atoms with Gasteiger partial charge >= 0.3 is 0 Å². The molecule has 0 bridgehead atoms. The minimum atomic E-state index is -0.245. The molecule has 0 radical (unpaired) electrons. The summed E-state index contributed by atoms with van der Waals surface area (Å²) >= 11 is 0. The highest BCUT2D eigenvalue weighted by Gasteiger charge is 2.32. The molecule has 1 aliphatic carbocycles. The molecule has 5 heteroatoms. The molecule has 0 N–H and O–H groups in total. The van der Waals surface area contributed by atoms with E-state index in [2.05, 4.69) is 5.10 Å². The molecule has 1 aromatic carbocycles. The van der Waals surface area contributed by atoms with E-state index in [4.69, 9.17) is 0 Å². The van der Waals surface area contributed by atoms with E-state index in [0.29, 0.717) is 25.4 Å². The summed E-state index contributed by atoms with van der Waals surface area (Å²) in [7, 11) is 1.89. The molecule has 0 unspecified atom stereocenters. The Morgan fingerprint density at radius 3 is 2.61 bits per heavy atom. The zero-order chi connectivity index (χ0) is 16.4. The fourth-order valence-electron chi connectivity index (χ4n) is 2.87. The second-order valence-corrected chi connectivity index (χ2v) is 6.29. The first-order valence-corrected chi connectivity index (χ1v) is 8.06. The number of benzene rings is 1.